The molecule has 20 heavy (non-hydrogen) atoms. The summed E-state index contributed by atoms with van der Waals surface area (Å²) in [6.07, 6.45) is 1.63. The smallest absolute Gasteiger partial charge is 0.352 e. The Morgan fingerprint density at radius 1 is 1.60 bits per heavy atom. The average Bonchev–Trinajstić information content (AvgIpc) is 2.95. The summed E-state index contributed by atoms with van der Waals surface area (Å²) in [5.74, 6) is -1.19. The number of carboxylic acids is 1. The number of nitrogens with two attached hydrogens (primary N) is 1. The molecule has 0 unspecified atom stereocenters. The van der Waals surface area contributed by atoms with Crippen molar-refractivity contribution in [3.8, 4) is 0 Å². The van der Waals surface area contributed by atoms with Crippen LogP contribution in [0.5, 0.6) is 0 Å². The van der Waals surface area contributed by atoms with Crippen LogP contribution >= 0.6 is 11.8 Å². The third-order valence-electron chi connectivity index (χ3n) is 4.21. The van der Waals surface area contributed by atoms with Gasteiger partial charge in [-0.25, -0.2) is 4.79 Å². The molecule has 0 spiro atoms. The summed E-state index contributed by atoms with van der Waals surface area (Å²) < 4.78 is 23.5. The average molecular weight is 301 g/mol. The van der Waals surface area contributed by atoms with Gasteiger partial charge in [0.05, 0.1) is 24.2 Å². The van der Waals surface area contributed by atoms with Gasteiger partial charge in [-0.3, -0.25) is 9.69 Å². The molecule has 3 heterocycles. The number of carbonyl (C=O) groups excluding carboxylic acids is 1. The van der Waals surface area contributed by atoms with Crippen LogP contribution in [0.1, 0.15) is 17.0 Å². The molecule has 0 aromatic heterocycles. The lowest BCUT2D eigenvalue weighted by molar-refractivity contribution is -0.893. The van der Waals surface area contributed by atoms with Crippen LogP contribution in [0.25, 0.3) is 0 Å². The van der Waals surface area contributed by atoms with Gasteiger partial charge in [-0.15, -0.1) is 11.8 Å². The van der Waals surface area contributed by atoms with Crippen molar-refractivity contribution in [3.63, 3.8) is 0 Å². The largest absolute Gasteiger partial charge is 0.477 e. The highest BCUT2D eigenvalue weighted by molar-refractivity contribution is 8.00. The number of fused-ring (bicyclic) bond motifs is 1. The molecule has 2 saturated heterocycles. The van der Waals surface area contributed by atoms with E-state index in [0.29, 0.717) is 24.4 Å². The van der Waals surface area contributed by atoms with Crippen LogP contribution < -0.4 is 5.73 Å². The molecular formula is C13H20N3O3S+. The summed E-state index contributed by atoms with van der Waals surface area (Å²) in [5.41, 5.74) is 6.19. The maximum absolute atomic E-state index is 11.9. The van der Waals surface area contributed by atoms with E-state index in [1.54, 1.807) is 0 Å². The molecule has 2 atom stereocenters. The van der Waals surface area contributed by atoms with Crippen molar-refractivity contribution < 1.29 is 23.3 Å². The molecule has 0 radical (unpaired) electrons. The first-order valence-corrected chi connectivity index (χ1v) is 7.75. The SMILES string of the molecule is [2H]C([2H])([2H])[N+]1(CC2=C(C(=O)O)N3C(=O)[C@@H](N)[C@H]3SC2)CCCC1. The monoisotopic (exact) mass is 301 g/mol. The Hall–Kier alpha value is -1.05. The number of carbonyl (C=O) groups is 2. The summed E-state index contributed by atoms with van der Waals surface area (Å²) in [6.45, 7) is -1.02. The number of β-lactam (4-membered cyclic amide) rings is 1. The van der Waals surface area contributed by atoms with Crippen LogP contribution in [-0.4, -0.2) is 70.1 Å². The van der Waals surface area contributed by atoms with E-state index in [1.165, 1.54) is 16.7 Å². The highest BCUT2D eigenvalue weighted by atomic mass is 32.2. The number of amides is 1. The van der Waals surface area contributed by atoms with Crippen molar-refractivity contribution in [2.45, 2.75) is 24.3 Å². The number of quaternary nitrogens is 1. The van der Waals surface area contributed by atoms with Gasteiger partial charge in [0.15, 0.2) is 0 Å². The maximum Gasteiger partial charge on any atom is 0.352 e. The molecule has 0 aliphatic carbocycles. The Kier molecular flexibility index (Phi) is 2.53. The first-order chi connectivity index (χ1) is 10.7. The summed E-state index contributed by atoms with van der Waals surface area (Å²) in [7, 11) is 0. The topological polar surface area (TPSA) is 83.6 Å². The lowest BCUT2D eigenvalue weighted by atomic mass is 10.0. The lowest BCUT2D eigenvalue weighted by Crippen LogP contribution is -2.68. The van der Waals surface area contributed by atoms with Gasteiger partial charge in [-0.1, -0.05) is 0 Å². The fourth-order valence-electron chi connectivity index (χ4n) is 3.17. The molecule has 0 aromatic carbocycles. The standard InChI is InChI=1S/C13H19N3O3S/c1-16(4-2-3-5-16)6-8-7-20-12-9(14)11(17)15(12)10(8)13(18)19/h9,12H,2-7,14H2,1H3/p+1/t9-,12-/m1/s1/i1D3. The van der Waals surface area contributed by atoms with Crippen molar-refractivity contribution in [1.29, 1.82) is 0 Å². The second kappa shape index (κ2) is 4.75. The molecule has 0 aromatic rings. The maximum atomic E-state index is 11.9. The van der Waals surface area contributed by atoms with Gasteiger partial charge in [-0.2, -0.15) is 0 Å². The number of hydrogen-bond donors (Lipinski definition) is 2. The van der Waals surface area contributed by atoms with E-state index in [0.717, 1.165) is 12.8 Å². The first kappa shape index (κ1) is 10.6. The van der Waals surface area contributed by atoms with E-state index in [1.807, 2.05) is 0 Å². The summed E-state index contributed by atoms with van der Waals surface area (Å²) >= 11 is 1.41. The van der Waals surface area contributed by atoms with Crippen LogP contribution in [0.3, 0.4) is 0 Å². The van der Waals surface area contributed by atoms with Crippen molar-refractivity contribution in [2.75, 3.05) is 32.4 Å². The first-order valence-electron chi connectivity index (χ1n) is 8.20. The molecule has 3 aliphatic rings. The van der Waals surface area contributed by atoms with Gasteiger partial charge in [0.2, 0.25) is 5.91 Å². The fraction of sp³-hybridized carbons (Fsp3) is 0.692. The van der Waals surface area contributed by atoms with E-state index in [2.05, 4.69) is 0 Å². The van der Waals surface area contributed by atoms with Gasteiger partial charge in [-0.05, 0) is 0 Å². The molecule has 1 amide bonds. The predicted molar refractivity (Wildman–Crippen MR) is 75.7 cm³/mol. The number of likely N-dealkylation sites (N-methyl/N-ethyl adjacent to an activating group) is 1. The summed E-state index contributed by atoms with van der Waals surface area (Å²) in [5, 5.41) is 9.20. The Labute approximate surface area is 126 Å². The van der Waals surface area contributed by atoms with Gasteiger partial charge in [0, 0.05) is 24.2 Å². The predicted octanol–water partition coefficient (Wildman–Crippen LogP) is -0.192. The second-order valence-corrected chi connectivity index (χ2v) is 6.76. The number of rotatable bonds is 3. The minimum absolute atomic E-state index is 0.0610. The second-order valence-electron chi connectivity index (χ2n) is 5.65. The molecule has 0 saturated carbocycles. The van der Waals surface area contributed by atoms with Crippen LogP contribution in [0.15, 0.2) is 11.3 Å². The zero-order valence-electron chi connectivity index (χ0n) is 14.0. The zero-order valence-corrected chi connectivity index (χ0v) is 11.9. The van der Waals surface area contributed by atoms with Crippen LogP contribution in [-0.2, 0) is 9.59 Å². The molecule has 7 heteroatoms. The normalized spacial score (nSPS) is 35.0. The van der Waals surface area contributed by atoms with E-state index >= 15 is 0 Å². The van der Waals surface area contributed by atoms with Crippen molar-refractivity contribution >= 4 is 23.6 Å². The summed E-state index contributed by atoms with van der Waals surface area (Å²) in [4.78, 5) is 24.9. The summed E-state index contributed by atoms with van der Waals surface area (Å²) in [6, 6.07) is -0.673. The number of carboxylic acid groups (broad SMARTS) is 1. The Bertz CT molecular complexity index is 587. The number of thioether (sulfide) groups is 1. The van der Waals surface area contributed by atoms with Gasteiger partial charge >= 0.3 is 5.97 Å². The van der Waals surface area contributed by atoms with Crippen molar-refractivity contribution in [1.82, 2.24) is 4.90 Å². The zero-order chi connectivity index (χ0) is 17.0. The lowest BCUT2D eigenvalue weighted by Gasteiger charge is -2.48. The van der Waals surface area contributed by atoms with Crippen molar-refractivity contribution in [3.05, 3.63) is 11.3 Å². The molecule has 0 bridgehead atoms. The number of aliphatic carboxylic acids is 1. The molecular weight excluding hydrogens is 278 g/mol. The number of nitrogens with zero attached hydrogens (tertiary/aromatic N) is 2. The van der Waals surface area contributed by atoms with E-state index < -0.39 is 24.9 Å². The van der Waals surface area contributed by atoms with Gasteiger partial charge < -0.3 is 15.3 Å². The van der Waals surface area contributed by atoms with Crippen LogP contribution in [0.4, 0.5) is 0 Å². The Morgan fingerprint density at radius 3 is 2.90 bits per heavy atom. The molecule has 3 rings (SSSR count). The van der Waals surface area contributed by atoms with E-state index in [4.69, 9.17) is 9.85 Å². The third kappa shape index (κ3) is 2.04. The Balaban J connectivity index is 1.96. The molecule has 6 nitrogen and oxygen atoms in total. The Morgan fingerprint density at radius 2 is 2.30 bits per heavy atom. The minimum Gasteiger partial charge on any atom is -0.477 e. The van der Waals surface area contributed by atoms with Gasteiger partial charge in [0.1, 0.15) is 23.7 Å². The van der Waals surface area contributed by atoms with E-state index in [-0.39, 0.29) is 22.1 Å². The minimum atomic E-state index is -2.19. The van der Waals surface area contributed by atoms with Crippen LogP contribution in [0.2, 0.25) is 0 Å². The van der Waals surface area contributed by atoms with Gasteiger partial charge in [0.25, 0.3) is 0 Å². The molecule has 3 N–H and O–H groups in total. The fourth-order valence-corrected chi connectivity index (χ4v) is 4.45. The highest BCUT2D eigenvalue weighted by Gasteiger charge is 2.52. The third-order valence-corrected chi connectivity index (χ3v) is 5.57. The van der Waals surface area contributed by atoms with E-state index in [9.17, 15) is 14.7 Å². The molecule has 110 valence electrons. The number of hydrogen-bond acceptors (Lipinski definition) is 4. The quantitative estimate of drug-likeness (QED) is 0.557. The number of likely N-dealkylation sites (tertiary alicyclic amines) is 1. The molecule has 2 fully saturated rings. The van der Waals surface area contributed by atoms with Crippen LogP contribution in [0, 0.1) is 0 Å². The molecule has 3 aliphatic heterocycles. The van der Waals surface area contributed by atoms with Crippen molar-refractivity contribution in [2.24, 2.45) is 5.73 Å². The highest BCUT2D eigenvalue weighted by Crippen LogP contribution is 2.40.